The largest absolute Gasteiger partial charge is 0.376 e. The lowest BCUT2D eigenvalue weighted by atomic mass is 10.1. The van der Waals surface area contributed by atoms with Gasteiger partial charge in [-0.1, -0.05) is 13.8 Å². The standard InChI is InChI=1S/C13H26N2O2/c1-3-12-10-15(7-4-8-17-12)13(16)6-5-11(2)9-14/h11-12H,3-10,14H2,1-2H3. The number of hydrogen-bond donors (Lipinski definition) is 1. The van der Waals surface area contributed by atoms with Crippen molar-refractivity contribution in [2.24, 2.45) is 11.7 Å². The average molecular weight is 242 g/mol. The van der Waals surface area contributed by atoms with Crippen molar-refractivity contribution in [1.82, 2.24) is 4.90 Å². The first-order valence-electron chi connectivity index (χ1n) is 6.76. The molecule has 1 heterocycles. The second kappa shape index (κ2) is 7.67. The van der Waals surface area contributed by atoms with Gasteiger partial charge in [-0.15, -0.1) is 0 Å². The van der Waals surface area contributed by atoms with Gasteiger partial charge in [-0.2, -0.15) is 0 Å². The highest BCUT2D eigenvalue weighted by Crippen LogP contribution is 2.12. The van der Waals surface area contributed by atoms with Crippen molar-refractivity contribution in [3.05, 3.63) is 0 Å². The smallest absolute Gasteiger partial charge is 0.222 e. The van der Waals surface area contributed by atoms with E-state index in [1.807, 2.05) is 4.90 Å². The quantitative estimate of drug-likeness (QED) is 0.792. The second-order valence-corrected chi connectivity index (χ2v) is 4.97. The molecule has 1 fully saturated rings. The lowest BCUT2D eigenvalue weighted by Gasteiger charge is -2.23. The topological polar surface area (TPSA) is 55.6 Å². The van der Waals surface area contributed by atoms with E-state index in [9.17, 15) is 4.79 Å². The summed E-state index contributed by atoms with van der Waals surface area (Å²) in [6, 6.07) is 0. The van der Waals surface area contributed by atoms with Gasteiger partial charge in [0.05, 0.1) is 6.10 Å². The Morgan fingerprint density at radius 3 is 3.00 bits per heavy atom. The molecule has 4 heteroatoms. The zero-order valence-corrected chi connectivity index (χ0v) is 11.2. The van der Waals surface area contributed by atoms with E-state index in [1.165, 1.54) is 0 Å². The van der Waals surface area contributed by atoms with Crippen LogP contribution in [0, 0.1) is 5.92 Å². The predicted octanol–water partition coefficient (Wildman–Crippen LogP) is 1.39. The van der Waals surface area contributed by atoms with Crippen LogP contribution < -0.4 is 5.73 Å². The summed E-state index contributed by atoms with van der Waals surface area (Å²) in [6.07, 6.45) is 3.66. The van der Waals surface area contributed by atoms with E-state index in [0.717, 1.165) is 39.0 Å². The molecule has 1 amide bonds. The first kappa shape index (κ1) is 14.5. The molecule has 0 spiro atoms. The van der Waals surface area contributed by atoms with Gasteiger partial charge in [-0.3, -0.25) is 4.79 Å². The number of hydrogen-bond acceptors (Lipinski definition) is 3. The number of ether oxygens (including phenoxy) is 1. The van der Waals surface area contributed by atoms with E-state index >= 15 is 0 Å². The Bertz CT molecular complexity index is 233. The highest BCUT2D eigenvalue weighted by molar-refractivity contribution is 5.76. The molecule has 4 nitrogen and oxygen atoms in total. The molecule has 0 aromatic carbocycles. The molecule has 0 radical (unpaired) electrons. The second-order valence-electron chi connectivity index (χ2n) is 4.97. The highest BCUT2D eigenvalue weighted by atomic mass is 16.5. The van der Waals surface area contributed by atoms with E-state index < -0.39 is 0 Å². The van der Waals surface area contributed by atoms with Crippen LogP contribution in [0.1, 0.15) is 39.5 Å². The molecule has 2 atom stereocenters. The van der Waals surface area contributed by atoms with Gasteiger partial charge >= 0.3 is 0 Å². The third-order valence-corrected chi connectivity index (χ3v) is 3.41. The van der Waals surface area contributed by atoms with Gasteiger partial charge in [0.1, 0.15) is 0 Å². The fourth-order valence-corrected chi connectivity index (χ4v) is 2.01. The maximum absolute atomic E-state index is 12.1. The van der Waals surface area contributed by atoms with Crippen LogP contribution in [0.15, 0.2) is 0 Å². The van der Waals surface area contributed by atoms with Crippen LogP contribution in [0.3, 0.4) is 0 Å². The van der Waals surface area contributed by atoms with Crippen molar-refractivity contribution in [2.45, 2.75) is 45.6 Å². The van der Waals surface area contributed by atoms with E-state index in [1.54, 1.807) is 0 Å². The zero-order valence-electron chi connectivity index (χ0n) is 11.2. The Labute approximate surface area is 104 Å². The molecular weight excluding hydrogens is 216 g/mol. The third-order valence-electron chi connectivity index (χ3n) is 3.41. The van der Waals surface area contributed by atoms with Crippen LogP contribution in [0.25, 0.3) is 0 Å². The van der Waals surface area contributed by atoms with Gasteiger partial charge < -0.3 is 15.4 Å². The SMILES string of the molecule is CCC1CN(C(=O)CCC(C)CN)CCCO1. The Morgan fingerprint density at radius 2 is 2.35 bits per heavy atom. The average Bonchev–Trinajstić information content (AvgIpc) is 2.60. The summed E-state index contributed by atoms with van der Waals surface area (Å²) < 4.78 is 5.67. The maximum atomic E-state index is 12.1. The summed E-state index contributed by atoms with van der Waals surface area (Å²) in [6.45, 7) is 7.23. The number of carbonyl (C=O) groups is 1. The van der Waals surface area contributed by atoms with Crippen LogP contribution in [0.2, 0.25) is 0 Å². The molecule has 0 aromatic rings. The van der Waals surface area contributed by atoms with Crippen molar-refractivity contribution in [3.8, 4) is 0 Å². The lowest BCUT2D eigenvalue weighted by Crippen LogP contribution is -2.36. The summed E-state index contributed by atoms with van der Waals surface area (Å²) in [5, 5.41) is 0. The lowest BCUT2D eigenvalue weighted by molar-refractivity contribution is -0.132. The Kier molecular flexibility index (Phi) is 6.52. The molecule has 1 aliphatic heterocycles. The minimum atomic E-state index is 0.216. The fourth-order valence-electron chi connectivity index (χ4n) is 2.01. The van der Waals surface area contributed by atoms with Gasteiger partial charge in [0.15, 0.2) is 0 Å². The first-order valence-corrected chi connectivity index (χ1v) is 6.76. The van der Waals surface area contributed by atoms with E-state index in [2.05, 4.69) is 13.8 Å². The monoisotopic (exact) mass is 242 g/mol. The third kappa shape index (κ3) is 5.04. The fraction of sp³-hybridized carbons (Fsp3) is 0.923. The molecule has 1 aliphatic rings. The van der Waals surface area contributed by atoms with Crippen LogP contribution in [0.4, 0.5) is 0 Å². The molecule has 100 valence electrons. The highest BCUT2D eigenvalue weighted by Gasteiger charge is 2.21. The summed E-state index contributed by atoms with van der Waals surface area (Å²) in [5.74, 6) is 0.693. The molecule has 0 aromatic heterocycles. The molecule has 2 N–H and O–H groups in total. The molecular formula is C13H26N2O2. The minimum Gasteiger partial charge on any atom is -0.376 e. The normalized spacial score (nSPS) is 23.2. The van der Waals surface area contributed by atoms with E-state index in [-0.39, 0.29) is 12.0 Å². The Balaban J connectivity index is 2.38. The summed E-state index contributed by atoms with van der Waals surface area (Å²) in [4.78, 5) is 14.0. The van der Waals surface area contributed by atoms with Crippen molar-refractivity contribution < 1.29 is 9.53 Å². The number of rotatable bonds is 5. The van der Waals surface area contributed by atoms with Gasteiger partial charge in [-0.05, 0) is 31.7 Å². The van der Waals surface area contributed by atoms with Crippen LogP contribution in [-0.2, 0) is 9.53 Å². The molecule has 0 aliphatic carbocycles. The zero-order chi connectivity index (χ0) is 12.7. The Morgan fingerprint density at radius 1 is 1.59 bits per heavy atom. The van der Waals surface area contributed by atoms with Crippen LogP contribution >= 0.6 is 0 Å². The first-order chi connectivity index (χ1) is 8.17. The van der Waals surface area contributed by atoms with Gasteiger partial charge in [0.2, 0.25) is 5.91 Å². The molecule has 17 heavy (non-hydrogen) atoms. The van der Waals surface area contributed by atoms with Crippen molar-refractivity contribution in [3.63, 3.8) is 0 Å². The van der Waals surface area contributed by atoms with Crippen molar-refractivity contribution in [2.75, 3.05) is 26.2 Å². The van der Waals surface area contributed by atoms with E-state index in [0.29, 0.717) is 18.9 Å². The molecule has 2 unspecified atom stereocenters. The van der Waals surface area contributed by atoms with Crippen molar-refractivity contribution in [1.29, 1.82) is 0 Å². The minimum absolute atomic E-state index is 0.216. The molecule has 1 rings (SSSR count). The number of amides is 1. The Hall–Kier alpha value is -0.610. The van der Waals surface area contributed by atoms with E-state index in [4.69, 9.17) is 10.5 Å². The van der Waals surface area contributed by atoms with Gasteiger partial charge in [0, 0.05) is 26.1 Å². The molecule has 0 bridgehead atoms. The van der Waals surface area contributed by atoms with Crippen molar-refractivity contribution >= 4 is 5.91 Å². The maximum Gasteiger partial charge on any atom is 0.222 e. The summed E-state index contributed by atoms with van der Waals surface area (Å²) in [5.41, 5.74) is 5.56. The molecule has 1 saturated heterocycles. The molecule has 0 saturated carbocycles. The number of carbonyl (C=O) groups excluding carboxylic acids is 1. The number of nitrogens with two attached hydrogens (primary N) is 1. The van der Waals surface area contributed by atoms with Gasteiger partial charge in [-0.25, -0.2) is 0 Å². The number of nitrogens with zero attached hydrogens (tertiary/aromatic N) is 1. The van der Waals surface area contributed by atoms with Crippen LogP contribution in [-0.4, -0.2) is 43.2 Å². The van der Waals surface area contributed by atoms with Gasteiger partial charge in [0.25, 0.3) is 0 Å². The summed E-state index contributed by atoms with van der Waals surface area (Å²) >= 11 is 0. The predicted molar refractivity (Wildman–Crippen MR) is 68.7 cm³/mol. The van der Waals surface area contributed by atoms with Crippen LogP contribution in [0.5, 0.6) is 0 Å². The summed E-state index contributed by atoms with van der Waals surface area (Å²) in [7, 11) is 0.